The predicted molar refractivity (Wildman–Crippen MR) is 102 cm³/mol. The van der Waals surface area contributed by atoms with E-state index in [1.807, 2.05) is 37.4 Å². The number of nitrogens with one attached hydrogen (secondary N) is 1. The second-order valence-corrected chi connectivity index (χ2v) is 8.17. The number of sulfone groups is 1. The fourth-order valence-corrected chi connectivity index (χ4v) is 5.41. The first-order valence-corrected chi connectivity index (χ1v) is 9.77. The van der Waals surface area contributed by atoms with Crippen LogP contribution in [0.3, 0.4) is 0 Å². The highest BCUT2D eigenvalue weighted by Crippen LogP contribution is 2.45. The van der Waals surface area contributed by atoms with Gasteiger partial charge in [0.2, 0.25) is 9.84 Å². The molecule has 0 saturated heterocycles. The van der Waals surface area contributed by atoms with Gasteiger partial charge in [-0.3, -0.25) is 0 Å². The van der Waals surface area contributed by atoms with Gasteiger partial charge in [-0.1, -0.05) is 42.5 Å². The zero-order valence-electron chi connectivity index (χ0n) is 14.3. The minimum atomic E-state index is -3.67. The van der Waals surface area contributed by atoms with Gasteiger partial charge >= 0.3 is 0 Å². The Labute approximate surface area is 155 Å². The molecule has 2 aromatic rings. The van der Waals surface area contributed by atoms with Crippen molar-refractivity contribution in [2.75, 3.05) is 20.2 Å². The standard InChI is InChI=1S/C19H23NO3S.ClH/c1-20-14-15-23-19(24(21,22)17-10-3-2-4-11-17)13-7-9-16-8-5-6-12-18(16)19;/h2-6,8,10-12,20H,7,9,13-15H2,1H3;1H. The van der Waals surface area contributed by atoms with Crippen LogP contribution in [-0.2, 0) is 25.9 Å². The summed E-state index contributed by atoms with van der Waals surface area (Å²) >= 11 is 0. The van der Waals surface area contributed by atoms with Crippen molar-refractivity contribution in [3.63, 3.8) is 0 Å². The van der Waals surface area contributed by atoms with Gasteiger partial charge in [-0.15, -0.1) is 12.4 Å². The topological polar surface area (TPSA) is 55.4 Å². The zero-order valence-corrected chi connectivity index (χ0v) is 15.9. The van der Waals surface area contributed by atoms with Crippen LogP contribution in [-0.4, -0.2) is 28.6 Å². The van der Waals surface area contributed by atoms with Crippen LogP contribution in [0.25, 0.3) is 0 Å². The normalized spacial score (nSPS) is 19.7. The molecule has 1 atom stereocenters. The molecule has 0 heterocycles. The monoisotopic (exact) mass is 381 g/mol. The number of halogens is 1. The molecule has 0 fully saturated rings. The molecule has 2 aromatic carbocycles. The summed E-state index contributed by atoms with van der Waals surface area (Å²) in [4.78, 5) is -0.994. The zero-order chi connectivity index (χ0) is 17.0. The van der Waals surface area contributed by atoms with Crippen LogP contribution >= 0.6 is 12.4 Å². The molecular weight excluding hydrogens is 358 g/mol. The number of aryl methyl sites for hydroxylation is 1. The van der Waals surface area contributed by atoms with Crippen LogP contribution in [0.1, 0.15) is 24.0 Å². The second kappa shape index (κ2) is 8.32. The lowest BCUT2D eigenvalue weighted by Crippen LogP contribution is -2.43. The number of hydrogen-bond donors (Lipinski definition) is 1. The minimum Gasteiger partial charge on any atom is -0.353 e. The van der Waals surface area contributed by atoms with Crippen molar-refractivity contribution in [2.24, 2.45) is 0 Å². The molecule has 6 heteroatoms. The highest BCUT2D eigenvalue weighted by atomic mass is 35.5. The van der Waals surface area contributed by atoms with Crippen molar-refractivity contribution in [3.8, 4) is 0 Å². The van der Waals surface area contributed by atoms with E-state index in [-0.39, 0.29) is 12.4 Å². The van der Waals surface area contributed by atoms with Crippen LogP contribution in [0.15, 0.2) is 59.5 Å². The molecule has 0 saturated carbocycles. The maximum atomic E-state index is 13.5. The Morgan fingerprint density at radius 3 is 2.48 bits per heavy atom. The third-order valence-electron chi connectivity index (χ3n) is 4.55. The van der Waals surface area contributed by atoms with Gasteiger partial charge in [-0.2, -0.15) is 0 Å². The average molecular weight is 382 g/mol. The van der Waals surface area contributed by atoms with Crippen molar-refractivity contribution < 1.29 is 13.2 Å². The third kappa shape index (κ3) is 3.60. The summed E-state index contributed by atoms with van der Waals surface area (Å²) in [6.07, 6.45) is 2.16. The summed E-state index contributed by atoms with van der Waals surface area (Å²) in [5.74, 6) is 0. The molecular formula is C19H24ClNO3S. The molecule has 1 aliphatic carbocycles. The molecule has 0 bridgehead atoms. The van der Waals surface area contributed by atoms with Crippen molar-refractivity contribution >= 4 is 22.2 Å². The van der Waals surface area contributed by atoms with E-state index in [9.17, 15) is 8.42 Å². The maximum Gasteiger partial charge on any atom is 0.212 e. The fourth-order valence-electron chi connectivity index (χ4n) is 3.37. The molecule has 0 radical (unpaired) electrons. The van der Waals surface area contributed by atoms with Crippen LogP contribution in [0.5, 0.6) is 0 Å². The maximum absolute atomic E-state index is 13.5. The minimum absolute atomic E-state index is 0. The molecule has 25 heavy (non-hydrogen) atoms. The highest BCUT2D eigenvalue weighted by Gasteiger charge is 2.49. The molecule has 0 spiro atoms. The summed E-state index contributed by atoms with van der Waals surface area (Å²) in [7, 11) is -1.84. The van der Waals surface area contributed by atoms with Crippen LogP contribution in [0.4, 0.5) is 0 Å². The molecule has 0 aromatic heterocycles. The lowest BCUT2D eigenvalue weighted by Gasteiger charge is -2.38. The van der Waals surface area contributed by atoms with Gasteiger partial charge in [0.25, 0.3) is 0 Å². The van der Waals surface area contributed by atoms with Crippen molar-refractivity contribution in [3.05, 3.63) is 65.7 Å². The third-order valence-corrected chi connectivity index (χ3v) is 6.86. The Balaban J connectivity index is 0.00000225. The summed E-state index contributed by atoms with van der Waals surface area (Å²) in [5.41, 5.74) is 1.85. The molecule has 0 amide bonds. The molecule has 3 rings (SSSR count). The van der Waals surface area contributed by atoms with E-state index in [1.165, 1.54) is 0 Å². The summed E-state index contributed by atoms with van der Waals surface area (Å²) in [5, 5.41) is 3.02. The van der Waals surface area contributed by atoms with E-state index in [4.69, 9.17) is 4.74 Å². The van der Waals surface area contributed by atoms with Gasteiger partial charge < -0.3 is 10.1 Å². The van der Waals surface area contributed by atoms with Crippen molar-refractivity contribution in [1.29, 1.82) is 0 Å². The summed E-state index contributed by atoms with van der Waals surface area (Å²) in [6, 6.07) is 16.4. The lowest BCUT2D eigenvalue weighted by atomic mass is 9.89. The molecule has 1 aliphatic rings. The number of benzene rings is 2. The number of likely N-dealkylation sites (N-methyl/N-ethyl adjacent to an activating group) is 1. The predicted octanol–water partition coefficient (Wildman–Crippen LogP) is 3.31. The van der Waals surface area contributed by atoms with Gasteiger partial charge in [0.05, 0.1) is 11.5 Å². The number of rotatable bonds is 6. The molecule has 4 nitrogen and oxygen atoms in total. The first kappa shape index (κ1) is 19.9. The Morgan fingerprint density at radius 2 is 1.76 bits per heavy atom. The Hall–Kier alpha value is -1.40. The SMILES string of the molecule is CNCCOC1(S(=O)(=O)c2ccccc2)CCCc2ccccc21.Cl. The Bertz CT molecular complexity index is 795. The van der Waals surface area contributed by atoms with E-state index >= 15 is 0 Å². The first-order chi connectivity index (χ1) is 11.6. The van der Waals surface area contributed by atoms with E-state index in [0.717, 1.165) is 24.0 Å². The van der Waals surface area contributed by atoms with Gasteiger partial charge in [0, 0.05) is 12.1 Å². The number of hydrogen-bond acceptors (Lipinski definition) is 4. The summed E-state index contributed by atoms with van der Waals surface area (Å²) < 4.78 is 33.1. The van der Waals surface area contributed by atoms with Gasteiger partial charge in [-0.05, 0) is 44.0 Å². The van der Waals surface area contributed by atoms with E-state index < -0.39 is 14.8 Å². The van der Waals surface area contributed by atoms with Gasteiger partial charge in [0.15, 0.2) is 4.93 Å². The largest absolute Gasteiger partial charge is 0.353 e. The fraction of sp³-hybridized carbons (Fsp3) is 0.368. The van der Waals surface area contributed by atoms with E-state index in [2.05, 4.69) is 5.32 Å². The Morgan fingerprint density at radius 1 is 1.08 bits per heavy atom. The highest BCUT2D eigenvalue weighted by molar-refractivity contribution is 7.92. The van der Waals surface area contributed by atoms with Crippen molar-refractivity contribution in [1.82, 2.24) is 5.32 Å². The van der Waals surface area contributed by atoms with Crippen LogP contribution < -0.4 is 5.32 Å². The molecule has 1 unspecified atom stereocenters. The quantitative estimate of drug-likeness (QED) is 0.780. The van der Waals surface area contributed by atoms with E-state index in [0.29, 0.717) is 24.5 Å². The molecule has 136 valence electrons. The smallest absolute Gasteiger partial charge is 0.212 e. The Kier molecular flexibility index (Phi) is 6.63. The van der Waals surface area contributed by atoms with Crippen molar-refractivity contribution in [2.45, 2.75) is 29.1 Å². The second-order valence-electron chi connectivity index (χ2n) is 6.03. The van der Waals surface area contributed by atoms with Gasteiger partial charge in [0.1, 0.15) is 0 Å². The number of fused-ring (bicyclic) bond motifs is 1. The van der Waals surface area contributed by atoms with E-state index in [1.54, 1.807) is 24.3 Å². The molecule has 0 aliphatic heterocycles. The van der Waals surface area contributed by atoms with Gasteiger partial charge in [-0.25, -0.2) is 8.42 Å². The van der Waals surface area contributed by atoms with Crippen LogP contribution in [0.2, 0.25) is 0 Å². The lowest BCUT2D eigenvalue weighted by molar-refractivity contribution is 0.00483. The van der Waals surface area contributed by atoms with Crippen LogP contribution in [0, 0.1) is 0 Å². The first-order valence-electron chi connectivity index (χ1n) is 8.28. The number of ether oxygens (including phenoxy) is 1. The average Bonchev–Trinajstić information content (AvgIpc) is 2.62. The molecule has 1 N–H and O–H groups in total. The summed E-state index contributed by atoms with van der Waals surface area (Å²) in [6.45, 7) is 0.950.